The van der Waals surface area contributed by atoms with Gasteiger partial charge in [-0.1, -0.05) is 96.1 Å². The molecule has 742 valence electrons. The number of rotatable bonds is 31. The number of nitrogens with one attached hydrogen (secondary N) is 4. The SMILES string of the molecule is COc1cc(C(F)(F)C2C(C)=C(CC(=O)NCc3ccccc3)c3cc(F)ccc32)cc(OC)c1O.COc1cc(C(F)C2(F)C(C)=C(CC(=O)NCc3ccccc3)c3cc(F)ccc32)cc(OC)c1O.COc1cc(C(F)C2(F)C(C)=C(CC(=O)NCc3ccco3)c3cc(F)ccc32)cc(OC)c1O.COc1cc(C2(F)CC23C(C)=C(CC(=O)NCc2ccco2)c2cc(F)ccc23)cc(OC)c1O. The van der Waals surface area contributed by atoms with E-state index in [0.29, 0.717) is 39.4 Å². The highest BCUT2D eigenvalue weighted by atomic mass is 19.3. The monoisotopic (exact) mass is 1960 g/mol. The van der Waals surface area contributed by atoms with Gasteiger partial charge in [0.05, 0.1) is 120 Å². The van der Waals surface area contributed by atoms with E-state index in [2.05, 4.69) is 21.3 Å². The fourth-order valence-corrected chi connectivity index (χ4v) is 19.0. The van der Waals surface area contributed by atoms with Crippen LogP contribution in [0, 0.1) is 23.3 Å². The van der Waals surface area contributed by atoms with Crippen LogP contribution in [0.15, 0.2) is 250 Å². The Morgan fingerprint density at radius 1 is 0.387 bits per heavy atom. The molecule has 17 rings (SSSR count). The first-order chi connectivity index (χ1) is 67.8. The number of carbonyl (C=O) groups is 4. The molecular formula is C109H101F11N4O18. The lowest BCUT2D eigenvalue weighted by molar-refractivity contribution is -0.121. The minimum atomic E-state index is -3.49. The van der Waals surface area contributed by atoms with Crippen molar-refractivity contribution in [1.29, 1.82) is 0 Å². The van der Waals surface area contributed by atoms with Gasteiger partial charge in [0.15, 0.2) is 75.3 Å². The lowest BCUT2D eigenvalue weighted by Crippen LogP contribution is -2.26. The van der Waals surface area contributed by atoms with Crippen LogP contribution in [-0.4, -0.2) is 101 Å². The van der Waals surface area contributed by atoms with Crippen LogP contribution >= 0.6 is 0 Å². The number of hydrogen-bond donors (Lipinski definition) is 8. The maximum absolute atomic E-state index is 16.8. The van der Waals surface area contributed by atoms with Crippen molar-refractivity contribution in [1.82, 2.24) is 21.3 Å². The lowest BCUT2D eigenvalue weighted by atomic mass is 9.84. The Morgan fingerprint density at radius 2 is 0.704 bits per heavy atom. The minimum Gasteiger partial charge on any atom is -0.502 e. The molecule has 7 atom stereocenters. The number of amides is 4. The molecule has 8 N–H and O–H groups in total. The summed E-state index contributed by atoms with van der Waals surface area (Å²) in [5.74, 6) is -9.44. The second kappa shape index (κ2) is 42.2. The van der Waals surface area contributed by atoms with Gasteiger partial charge in [-0.15, -0.1) is 0 Å². The number of halogens is 11. The van der Waals surface area contributed by atoms with Gasteiger partial charge >= 0.3 is 0 Å². The van der Waals surface area contributed by atoms with Crippen molar-refractivity contribution in [3.05, 3.63) is 354 Å². The molecule has 22 nitrogen and oxygen atoms in total. The molecule has 2 aromatic heterocycles. The van der Waals surface area contributed by atoms with Gasteiger partial charge in [0.1, 0.15) is 34.8 Å². The third-order valence-corrected chi connectivity index (χ3v) is 26.4. The summed E-state index contributed by atoms with van der Waals surface area (Å²) in [6, 6.07) is 49.7. The van der Waals surface area contributed by atoms with E-state index in [-0.39, 0.29) is 211 Å². The molecule has 12 aromatic rings. The third kappa shape index (κ3) is 19.8. The summed E-state index contributed by atoms with van der Waals surface area (Å²) in [6.07, 6.45) is -2.19. The second-order valence-corrected chi connectivity index (χ2v) is 34.3. The molecule has 0 saturated heterocycles. The summed E-state index contributed by atoms with van der Waals surface area (Å²) < 4.78 is 223. The van der Waals surface area contributed by atoms with Crippen LogP contribution in [-0.2, 0) is 73.7 Å². The Hall–Kier alpha value is -15.6. The van der Waals surface area contributed by atoms with E-state index in [1.807, 2.05) is 60.7 Å². The first-order valence-electron chi connectivity index (χ1n) is 44.6. The standard InChI is InChI=1S/2C28H26F3NO4.C27H25F2NO5.C26H24F3NO5/c1-16-20(14-25(33)32-15-17-7-5-4-6-8-17)21-13-19(29)9-10-22(21)28(16,31)27(30)18-11-23(35-2)26(34)24(12-18)36-3;1-16-21(14-25(33)32-15-17-7-5-4-6-8-17)22-13-19(29)9-10-20(22)26(16)28(30,31)18-11-23(35-2)27(34)24(12-18)36-3;1-15-19(12-24(31)30-13-18-5-4-8-35-18)20-11-17(28)6-7-21(20)26(15)14-27(26,29)16-9-22(33-2)25(32)23(10-16)34-3;1-14-18(12-23(31)30-13-17-5-4-8-35-17)19-11-16(27)6-7-20(19)26(14,29)25(28)15-9-21(33-2)24(32)22(10-15)34-3/h4-13,27,34H,14-15H2,1-3H3,(H,32,33);4-13,26,34H,14-15H2,1-3H3,(H,32,33);4-11,32H,12-14H2,1-3H3,(H,30,31);4-11,25,32H,12-13H2,1-3H3,(H,30,31). The highest BCUT2D eigenvalue weighted by Crippen LogP contribution is 2.75. The number of phenolic OH excluding ortho intramolecular Hbond substituents is 4. The van der Waals surface area contributed by atoms with Crippen molar-refractivity contribution < 1.29 is 135 Å². The number of carbonyl (C=O) groups excluding carboxylic acids is 4. The van der Waals surface area contributed by atoms with Crippen LogP contribution in [0.2, 0.25) is 0 Å². The van der Waals surface area contributed by atoms with Crippen LogP contribution in [0.25, 0.3) is 22.3 Å². The number of alkyl halides is 7. The quantitative estimate of drug-likeness (QED) is 0.0187. The molecule has 1 fully saturated rings. The highest BCUT2D eigenvalue weighted by molar-refractivity contribution is 5.97. The summed E-state index contributed by atoms with van der Waals surface area (Å²) >= 11 is 0. The summed E-state index contributed by atoms with van der Waals surface area (Å²) in [5, 5.41) is 51.8. The van der Waals surface area contributed by atoms with Gasteiger partial charge in [-0.3, -0.25) is 19.2 Å². The van der Waals surface area contributed by atoms with E-state index < -0.39 is 93.0 Å². The summed E-state index contributed by atoms with van der Waals surface area (Å²) in [7, 11) is 10.4. The third-order valence-electron chi connectivity index (χ3n) is 26.4. The van der Waals surface area contributed by atoms with E-state index in [4.69, 9.17) is 46.7 Å². The smallest absolute Gasteiger partial charge is 0.283 e. The topological polar surface area (TPSA) is 297 Å². The van der Waals surface area contributed by atoms with Crippen LogP contribution in [0.5, 0.6) is 69.0 Å². The van der Waals surface area contributed by atoms with Crippen LogP contribution in [0.4, 0.5) is 48.3 Å². The number of ether oxygens (including phenoxy) is 8. The van der Waals surface area contributed by atoms with Crippen LogP contribution in [0.3, 0.4) is 0 Å². The second-order valence-electron chi connectivity index (χ2n) is 34.3. The lowest BCUT2D eigenvalue weighted by Gasteiger charge is -2.28. The Balaban J connectivity index is 0.000000150. The molecule has 0 radical (unpaired) electrons. The number of methoxy groups -OCH3 is 8. The first kappa shape index (κ1) is 102. The molecule has 10 aromatic carbocycles. The van der Waals surface area contributed by atoms with E-state index in [0.717, 1.165) is 53.6 Å². The van der Waals surface area contributed by atoms with Crippen LogP contribution < -0.4 is 59.2 Å². The molecule has 1 spiro atoms. The van der Waals surface area contributed by atoms with Crippen molar-refractivity contribution in [2.24, 2.45) is 0 Å². The van der Waals surface area contributed by atoms with E-state index >= 15 is 30.7 Å². The maximum Gasteiger partial charge on any atom is 0.283 e. The number of hydrogen-bond acceptors (Lipinski definition) is 18. The number of aromatic hydroxyl groups is 4. The number of allylic oxidation sites excluding steroid dienone is 4. The van der Waals surface area contributed by atoms with E-state index in [9.17, 15) is 57.2 Å². The maximum atomic E-state index is 16.8. The molecule has 33 heteroatoms. The Labute approximate surface area is 810 Å². The Morgan fingerprint density at radius 3 is 1.06 bits per heavy atom. The summed E-state index contributed by atoms with van der Waals surface area (Å²) in [4.78, 5) is 50.9. The molecule has 5 aliphatic carbocycles. The van der Waals surface area contributed by atoms with Crippen molar-refractivity contribution in [3.63, 3.8) is 0 Å². The van der Waals surface area contributed by atoms with E-state index in [1.165, 1.54) is 163 Å². The van der Waals surface area contributed by atoms with Crippen LogP contribution in [0.1, 0.15) is 167 Å². The van der Waals surface area contributed by atoms with Gasteiger partial charge in [-0.25, -0.2) is 48.3 Å². The normalized spacial score (nSPS) is 18.1. The van der Waals surface area contributed by atoms with Gasteiger partial charge in [-0.2, -0.15) is 0 Å². The fraction of sp³-hybridized carbons (Fsp3) is 0.266. The zero-order valence-electron chi connectivity index (χ0n) is 79.0. The fourth-order valence-electron chi connectivity index (χ4n) is 19.0. The highest BCUT2D eigenvalue weighted by Gasteiger charge is 2.74. The molecule has 5 aliphatic rings. The number of phenols is 4. The number of fused-ring (bicyclic) bond motifs is 5. The van der Waals surface area contributed by atoms with Gasteiger partial charge in [0.2, 0.25) is 46.6 Å². The predicted octanol–water partition coefficient (Wildman–Crippen LogP) is 22.5. The van der Waals surface area contributed by atoms with Gasteiger partial charge < -0.3 is 88.4 Å². The molecule has 7 unspecified atom stereocenters. The number of benzene rings is 10. The molecule has 0 bridgehead atoms. The van der Waals surface area contributed by atoms with Crippen molar-refractivity contribution in [2.45, 2.75) is 133 Å². The molecule has 142 heavy (non-hydrogen) atoms. The zero-order valence-corrected chi connectivity index (χ0v) is 79.0. The predicted molar refractivity (Wildman–Crippen MR) is 506 cm³/mol. The Bertz CT molecular complexity index is 6690. The molecule has 1 saturated carbocycles. The summed E-state index contributed by atoms with van der Waals surface area (Å²) in [5.41, 5.74) is -2.98. The average Bonchev–Trinajstić information content (AvgIpc) is 1.48. The minimum absolute atomic E-state index is 0.0248. The van der Waals surface area contributed by atoms with Gasteiger partial charge in [0.25, 0.3) is 5.92 Å². The van der Waals surface area contributed by atoms with Gasteiger partial charge in [-0.05, 0) is 244 Å². The molecule has 0 aliphatic heterocycles. The average molecular weight is 1960 g/mol. The van der Waals surface area contributed by atoms with Crippen molar-refractivity contribution in [3.8, 4) is 69.0 Å². The first-order valence-corrected chi connectivity index (χ1v) is 44.6. The molecule has 2 heterocycles. The van der Waals surface area contributed by atoms with Crippen molar-refractivity contribution in [2.75, 3.05) is 56.9 Å². The zero-order chi connectivity index (χ0) is 102. The largest absolute Gasteiger partial charge is 0.502 e. The Kier molecular flexibility index (Phi) is 30.4. The van der Waals surface area contributed by atoms with E-state index in [1.54, 1.807) is 37.3 Å². The van der Waals surface area contributed by atoms with Gasteiger partial charge in [0, 0.05) is 36.2 Å². The number of furan rings is 2. The molecule has 4 amide bonds. The molecular weight excluding hydrogens is 1860 g/mol. The van der Waals surface area contributed by atoms with Crippen molar-refractivity contribution >= 4 is 45.9 Å². The summed E-state index contributed by atoms with van der Waals surface area (Å²) in [6.45, 7) is 7.01.